The van der Waals surface area contributed by atoms with Crippen LogP contribution in [0.1, 0.15) is 47.0 Å². The standard InChI is InChI=1S/C20H25N3O2S/c1-15(21-22-20(24)19-7-6-12-26-19)16-8-9-18(25-2)17(13-16)14-23-10-4-3-5-11-23/h6-9,12-13H,3-5,10-11,14H2,1-2H3,(H,22,24)/p+1/b21-15-. The lowest BCUT2D eigenvalue weighted by atomic mass is 10.0. The number of carbonyl (C=O) groups is 1. The molecule has 0 aliphatic carbocycles. The Kier molecular flexibility index (Phi) is 6.41. The maximum Gasteiger partial charge on any atom is 0.281 e. The molecule has 2 N–H and O–H groups in total. The molecule has 0 saturated carbocycles. The molecular formula is C20H26N3O2S+. The molecule has 1 fully saturated rings. The number of amides is 1. The third-order valence-corrected chi connectivity index (χ3v) is 5.64. The van der Waals surface area contributed by atoms with E-state index in [1.807, 2.05) is 30.5 Å². The largest absolute Gasteiger partial charge is 0.496 e. The number of carbonyl (C=O) groups excluding carboxylic acids is 1. The first-order chi connectivity index (χ1) is 12.7. The van der Waals surface area contributed by atoms with E-state index in [1.165, 1.54) is 49.3 Å². The van der Waals surface area contributed by atoms with Gasteiger partial charge in [0.15, 0.2) is 0 Å². The highest BCUT2D eigenvalue weighted by atomic mass is 32.1. The Morgan fingerprint density at radius 1 is 1.27 bits per heavy atom. The van der Waals surface area contributed by atoms with Crippen LogP contribution in [0.2, 0.25) is 0 Å². The van der Waals surface area contributed by atoms with Gasteiger partial charge in [0.25, 0.3) is 5.91 Å². The van der Waals surface area contributed by atoms with E-state index in [0.29, 0.717) is 4.88 Å². The zero-order valence-corrected chi connectivity index (χ0v) is 16.2. The molecule has 1 aromatic carbocycles. The van der Waals surface area contributed by atoms with E-state index >= 15 is 0 Å². The molecule has 2 heterocycles. The summed E-state index contributed by atoms with van der Waals surface area (Å²) in [4.78, 5) is 14.3. The topological polar surface area (TPSA) is 55.1 Å². The normalized spacial score (nSPS) is 15.7. The summed E-state index contributed by atoms with van der Waals surface area (Å²) in [5, 5.41) is 6.15. The molecule has 0 unspecified atom stereocenters. The molecule has 6 heteroatoms. The molecule has 3 rings (SSSR count). The van der Waals surface area contributed by atoms with Crippen molar-refractivity contribution in [3.8, 4) is 5.75 Å². The first-order valence-corrected chi connectivity index (χ1v) is 9.94. The Labute approximate surface area is 158 Å². The van der Waals surface area contributed by atoms with Gasteiger partial charge in [-0.1, -0.05) is 6.07 Å². The highest BCUT2D eigenvalue weighted by molar-refractivity contribution is 7.12. The van der Waals surface area contributed by atoms with E-state index in [9.17, 15) is 4.79 Å². The fourth-order valence-corrected chi connectivity index (χ4v) is 3.92. The van der Waals surface area contributed by atoms with Crippen LogP contribution < -0.4 is 15.1 Å². The molecular weight excluding hydrogens is 346 g/mol. The lowest BCUT2D eigenvalue weighted by molar-refractivity contribution is -0.918. The van der Waals surface area contributed by atoms with E-state index in [1.54, 1.807) is 18.1 Å². The molecule has 5 nitrogen and oxygen atoms in total. The molecule has 26 heavy (non-hydrogen) atoms. The van der Waals surface area contributed by atoms with Gasteiger partial charge in [0.05, 0.1) is 30.8 Å². The molecule has 1 aliphatic heterocycles. The van der Waals surface area contributed by atoms with E-state index in [-0.39, 0.29) is 5.91 Å². The third-order valence-electron chi connectivity index (χ3n) is 4.77. The molecule has 1 amide bonds. The smallest absolute Gasteiger partial charge is 0.281 e. The number of thiophene rings is 1. The van der Waals surface area contributed by atoms with Crippen LogP contribution in [0.4, 0.5) is 0 Å². The van der Waals surface area contributed by atoms with Gasteiger partial charge in [-0.05, 0) is 61.4 Å². The van der Waals surface area contributed by atoms with Crippen LogP contribution in [0, 0.1) is 0 Å². The van der Waals surface area contributed by atoms with Gasteiger partial charge in [-0.25, -0.2) is 5.43 Å². The Hall–Kier alpha value is -2.18. The maximum absolute atomic E-state index is 12.0. The van der Waals surface area contributed by atoms with Crippen molar-refractivity contribution in [3.05, 3.63) is 51.7 Å². The Morgan fingerprint density at radius 3 is 2.77 bits per heavy atom. The minimum Gasteiger partial charge on any atom is -0.496 e. The van der Waals surface area contributed by atoms with Crippen LogP contribution in [-0.2, 0) is 6.54 Å². The predicted molar refractivity (Wildman–Crippen MR) is 105 cm³/mol. The highest BCUT2D eigenvalue weighted by Gasteiger charge is 2.17. The summed E-state index contributed by atoms with van der Waals surface area (Å²) in [5.74, 6) is 0.744. The fourth-order valence-electron chi connectivity index (χ4n) is 3.30. The number of piperidine rings is 1. The molecule has 1 aliphatic rings. The molecule has 138 valence electrons. The molecule has 0 radical (unpaired) electrons. The number of nitrogens with zero attached hydrogens (tertiary/aromatic N) is 1. The van der Waals surface area contributed by atoms with Gasteiger partial charge in [0.2, 0.25) is 0 Å². The summed E-state index contributed by atoms with van der Waals surface area (Å²) in [6.45, 7) is 5.31. The zero-order chi connectivity index (χ0) is 18.4. The average Bonchev–Trinajstić information content (AvgIpc) is 3.21. The van der Waals surface area contributed by atoms with Crippen LogP contribution in [-0.4, -0.2) is 31.8 Å². The molecule has 0 atom stereocenters. The van der Waals surface area contributed by atoms with Crippen molar-refractivity contribution in [1.29, 1.82) is 0 Å². The number of rotatable bonds is 6. The van der Waals surface area contributed by atoms with Gasteiger partial charge in [-0.3, -0.25) is 4.79 Å². The minimum absolute atomic E-state index is 0.175. The summed E-state index contributed by atoms with van der Waals surface area (Å²) in [5.41, 5.74) is 5.62. The van der Waals surface area contributed by atoms with Gasteiger partial charge >= 0.3 is 0 Å². The van der Waals surface area contributed by atoms with Crippen molar-refractivity contribution in [1.82, 2.24) is 5.43 Å². The van der Waals surface area contributed by atoms with E-state index in [2.05, 4.69) is 16.6 Å². The summed E-state index contributed by atoms with van der Waals surface area (Å²) in [7, 11) is 1.71. The van der Waals surface area contributed by atoms with E-state index < -0.39 is 0 Å². The van der Waals surface area contributed by atoms with Crippen molar-refractivity contribution in [2.45, 2.75) is 32.7 Å². The van der Waals surface area contributed by atoms with Gasteiger partial charge in [-0.15, -0.1) is 11.3 Å². The molecule has 0 spiro atoms. The second-order valence-corrected chi connectivity index (χ2v) is 7.58. The van der Waals surface area contributed by atoms with Crippen molar-refractivity contribution < 1.29 is 14.4 Å². The summed E-state index contributed by atoms with van der Waals surface area (Å²) in [6.07, 6.45) is 3.94. The van der Waals surface area contributed by atoms with Crippen molar-refractivity contribution in [2.75, 3.05) is 20.2 Å². The minimum atomic E-state index is -0.175. The van der Waals surface area contributed by atoms with E-state index in [0.717, 1.165) is 23.6 Å². The molecule has 1 aromatic heterocycles. The van der Waals surface area contributed by atoms with Gasteiger partial charge in [-0.2, -0.15) is 5.10 Å². The monoisotopic (exact) mass is 372 g/mol. The highest BCUT2D eigenvalue weighted by Crippen LogP contribution is 2.20. The van der Waals surface area contributed by atoms with Crippen LogP contribution in [0.25, 0.3) is 0 Å². The van der Waals surface area contributed by atoms with Crippen LogP contribution in [0.5, 0.6) is 5.75 Å². The average molecular weight is 373 g/mol. The summed E-state index contributed by atoms with van der Waals surface area (Å²) in [6, 6.07) is 9.77. The van der Waals surface area contributed by atoms with Crippen LogP contribution >= 0.6 is 11.3 Å². The van der Waals surface area contributed by atoms with Crippen molar-refractivity contribution in [3.63, 3.8) is 0 Å². The quantitative estimate of drug-likeness (QED) is 0.605. The van der Waals surface area contributed by atoms with Gasteiger partial charge in [0.1, 0.15) is 12.3 Å². The number of hydrogen-bond donors (Lipinski definition) is 2. The number of methoxy groups -OCH3 is 1. The van der Waals surface area contributed by atoms with Gasteiger partial charge < -0.3 is 9.64 Å². The van der Waals surface area contributed by atoms with Crippen molar-refractivity contribution >= 4 is 23.0 Å². The van der Waals surface area contributed by atoms with E-state index in [4.69, 9.17) is 4.74 Å². The lowest BCUT2D eigenvalue weighted by Gasteiger charge is -2.24. The number of hydrazone groups is 1. The number of benzene rings is 1. The predicted octanol–water partition coefficient (Wildman–Crippen LogP) is 2.48. The summed E-state index contributed by atoms with van der Waals surface area (Å²) >= 11 is 1.40. The molecule has 0 bridgehead atoms. The Bertz CT molecular complexity index is 765. The number of ether oxygens (including phenoxy) is 1. The number of likely N-dealkylation sites (tertiary alicyclic amines) is 1. The van der Waals surface area contributed by atoms with Gasteiger partial charge in [0, 0.05) is 5.56 Å². The number of nitrogens with one attached hydrogen (secondary N) is 2. The second kappa shape index (κ2) is 8.96. The lowest BCUT2D eigenvalue weighted by Crippen LogP contribution is -3.11. The SMILES string of the molecule is COc1ccc(/C(C)=N\NC(=O)c2cccs2)cc1C[NH+]1CCCCC1. The molecule has 2 aromatic rings. The first kappa shape index (κ1) is 18.6. The Morgan fingerprint density at radius 2 is 2.08 bits per heavy atom. The number of hydrogen-bond acceptors (Lipinski definition) is 4. The van der Waals surface area contributed by atoms with Crippen molar-refractivity contribution in [2.24, 2.45) is 5.10 Å². The zero-order valence-electron chi connectivity index (χ0n) is 15.4. The first-order valence-electron chi connectivity index (χ1n) is 9.06. The third kappa shape index (κ3) is 4.71. The summed E-state index contributed by atoms with van der Waals surface area (Å²) < 4.78 is 5.55. The van der Waals surface area contributed by atoms with Crippen LogP contribution in [0.3, 0.4) is 0 Å². The number of quaternary nitrogens is 1. The Balaban J connectivity index is 1.73. The maximum atomic E-state index is 12.0. The molecule has 1 saturated heterocycles. The fraction of sp³-hybridized carbons (Fsp3) is 0.400. The van der Waals surface area contributed by atoms with Crippen LogP contribution in [0.15, 0.2) is 40.8 Å². The second-order valence-electron chi connectivity index (χ2n) is 6.63.